The summed E-state index contributed by atoms with van der Waals surface area (Å²) in [5.41, 5.74) is 0.328. The van der Waals surface area contributed by atoms with Gasteiger partial charge in [-0.25, -0.2) is 13.4 Å². The zero-order chi connectivity index (χ0) is 14.1. The molecule has 0 amide bonds. The minimum absolute atomic E-state index is 0.215. The molecule has 5 heteroatoms. The quantitative estimate of drug-likeness (QED) is 0.837. The monoisotopic (exact) mass is 282 g/mol. The summed E-state index contributed by atoms with van der Waals surface area (Å²) in [5.74, 6) is 1.28. The summed E-state index contributed by atoms with van der Waals surface area (Å²) in [5, 5.41) is 0.215. The lowest BCUT2D eigenvalue weighted by Crippen LogP contribution is -2.39. The van der Waals surface area contributed by atoms with E-state index in [0.717, 1.165) is 25.2 Å². The standard InChI is InChI=1S/C14H22N2O2S/c1-13(2)10-5-6-14(3,9-11(10)13)19(17,18)12-15-7-8-16(12)4/h7-8,10-11H,5-6,9H2,1-4H3. The lowest BCUT2D eigenvalue weighted by molar-refractivity contribution is 0.375. The van der Waals surface area contributed by atoms with Crippen LogP contribution < -0.4 is 0 Å². The van der Waals surface area contributed by atoms with E-state index >= 15 is 0 Å². The first-order valence-corrected chi connectivity index (χ1v) is 8.40. The van der Waals surface area contributed by atoms with Crippen molar-refractivity contribution in [2.45, 2.75) is 49.9 Å². The lowest BCUT2D eigenvalue weighted by atomic mass is 9.90. The number of rotatable bonds is 2. The van der Waals surface area contributed by atoms with E-state index in [1.165, 1.54) is 0 Å². The molecule has 0 aliphatic heterocycles. The molecule has 1 heterocycles. The number of sulfone groups is 1. The molecule has 4 nitrogen and oxygen atoms in total. The van der Waals surface area contributed by atoms with Gasteiger partial charge in [-0.1, -0.05) is 13.8 Å². The molecule has 0 N–H and O–H groups in total. The second-order valence-corrected chi connectivity index (χ2v) is 9.41. The Balaban J connectivity index is 1.96. The highest BCUT2D eigenvalue weighted by Crippen LogP contribution is 2.67. The molecular weight excluding hydrogens is 260 g/mol. The number of aromatic nitrogens is 2. The zero-order valence-corrected chi connectivity index (χ0v) is 12.9. The van der Waals surface area contributed by atoms with Crippen LogP contribution in [0.25, 0.3) is 0 Å². The third-order valence-corrected chi connectivity index (χ3v) is 8.13. The molecule has 0 aromatic carbocycles. The molecule has 0 radical (unpaired) electrons. The van der Waals surface area contributed by atoms with Crippen molar-refractivity contribution in [3.63, 3.8) is 0 Å². The van der Waals surface area contributed by atoms with E-state index in [0.29, 0.717) is 11.3 Å². The summed E-state index contributed by atoms with van der Waals surface area (Å²) >= 11 is 0. The third kappa shape index (κ3) is 1.63. The van der Waals surface area contributed by atoms with Gasteiger partial charge >= 0.3 is 0 Å². The van der Waals surface area contributed by atoms with Crippen LogP contribution in [0.2, 0.25) is 0 Å². The summed E-state index contributed by atoms with van der Waals surface area (Å²) in [6.45, 7) is 6.44. The first kappa shape index (κ1) is 13.2. The largest absolute Gasteiger partial charge is 0.325 e. The molecule has 1 aromatic heterocycles. The molecule has 1 aromatic rings. The van der Waals surface area contributed by atoms with E-state index in [1.54, 1.807) is 24.0 Å². The van der Waals surface area contributed by atoms with Gasteiger partial charge < -0.3 is 4.57 Å². The van der Waals surface area contributed by atoms with Crippen LogP contribution in [0.3, 0.4) is 0 Å². The van der Waals surface area contributed by atoms with Crippen molar-refractivity contribution in [1.29, 1.82) is 0 Å². The fraction of sp³-hybridized carbons (Fsp3) is 0.786. The number of hydrogen-bond acceptors (Lipinski definition) is 3. The lowest BCUT2D eigenvalue weighted by Gasteiger charge is -2.32. The number of fused-ring (bicyclic) bond motifs is 1. The molecule has 0 spiro atoms. The van der Waals surface area contributed by atoms with Gasteiger partial charge in [-0.3, -0.25) is 0 Å². The van der Waals surface area contributed by atoms with E-state index in [4.69, 9.17) is 0 Å². The van der Waals surface area contributed by atoms with Crippen LogP contribution in [-0.4, -0.2) is 22.7 Å². The minimum atomic E-state index is -3.35. The van der Waals surface area contributed by atoms with E-state index in [-0.39, 0.29) is 5.16 Å². The normalized spacial score (nSPS) is 36.8. The summed E-state index contributed by atoms with van der Waals surface area (Å²) in [6, 6.07) is 0. The van der Waals surface area contributed by atoms with Crippen molar-refractivity contribution >= 4 is 9.84 Å². The maximum Gasteiger partial charge on any atom is 0.227 e. The van der Waals surface area contributed by atoms with Crippen LogP contribution in [0.1, 0.15) is 40.0 Å². The van der Waals surface area contributed by atoms with Crippen molar-refractivity contribution in [1.82, 2.24) is 9.55 Å². The highest BCUT2D eigenvalue weighted by molar-refractivity contribution is 7.92. The highest BCUT2D eigenvalue weighted by Gasteiger charge is 2.64. The Morgan fingerprint density at radius 3 is 2.53 bits per heavy atom. The first-order chi connectivity index (χ1) is 8.70. The van der Waals surface area contributed by atoms with Gasteiger partial charge in [0.25, 0.3) is 0 Å². The van der Waals surface area contributed by atoms with Crippen LogP contribution in [0, 0.1) is 17.3 Å². The van der Waals surface area contributed by atoms with Crippen LogP contribution in [0.15, 0.2) is 17.6 Å². The van der Waals surface area contributed by atoms with Crippen LogP contribution in [-0.2, 0) is 16.9 Å². The molecule has 106 valence electrons. The van der Waals surface area contributed by atoms with Gasteiger partial charge in [0.1, 0.15) is 0 Å². The summed E-state index contributed by atoms with van der Waals surface area (Å²) in [4.78, 5) is 4.06. The predicted octanol–water partition coefficient (Wildman–Crippen LogP) is 2.41. The number of nitrogens with zero attached hydrogens (tertiary/aromatic N) is 2. The highest BCUT2D eigenvalue weighted by atomic mass is 32.2. The number of hydrogen-bond donors (Lipinski definition) is 0. The summed E-state index contributed by atoms with van der Waals surface area (Å²) in [7, 11) is -1.61. The van der Waals surface area contributed by atoms with Gasteiger partial charge in [-0.2, -0.15) is 0 Å². The van der Waals surface area contributed by atoms with Gasteiger partial charge in [-0.15, -0.1) is 0 Å². The SMILES string of the molecule is Cn1ccnc1S(=O)(=O)C1(C)CCC2C(C1)C2(C)C. The fourth-order valence-corrected chi connectivity index (χ4v) is 5.81. The molecule has 2 aliphatic rings. The molecule has 3 rings (SSSR count). The van der Waals surface area contributed by atoms with Gasteiger partial charge in [0.15, 0.2) is 0 Å². The zero-order valence-electron chi connectivity index (χ0n) is 12.0. The molecule has 3 unspecified atom stereocenters. The topological polar surface area (TPSA) is 52.0 Å². The van der Waals surface area contributed by atoms with Gasteiger partial charge in [0, 0.05) is 19.4 Å². The Morgan fingerprint density at radius 2 is 2.00 bits per heavy atom. The van der Waals surface area contributed by atoms with Gasteiger partial charge in [-0.05, 0) is 43.4 Å². The first-order valence-electron chi connectivity index (χ1n) is 6.92. The molecule has 0 bridgehead atoms. The summed E-state index contributed by atoms with van der Waals surface area (Å²) in [6.07, 6.45) is 5.82. The smallest absolute Gasteiger partial charge is 0.227 e. The Kier molecular flexibility index (Phi) is 2.51. The molecule has 2 fully saturated rings. The molecule has 0 saturated heterocycles. The number of imidazole rings is 1. The minimum Gasteiger partial charge on any atom is -0.325 e. The van der Waals surface area contributed by atoms with E-state index in [9.17, 15) is 8.42 Å². The second-order valence-electron chi connectivity index (χ2n) is 7.05. The molecule has 2 saturated carbocycles. The molecular formula is C14H22N2O2S. The summed E-state index contributed by atoms with van der Waals surface area (Å²) < 4.78 is 26.7. The fourth-order valence-electron chi connectivity index (χ4n) is 3.94. The van der Waals surface area contributed by atoms with Crippen molar-refractivity contribution in [2.75, 3.05) is 0 Å². The molecule has 19 heavy (non-hydrogen) atoms. The number of aryl methyl sites for hydroxylation is 1. The molecule has 3 atom stereocenters. The predicted molar refractivity (Wildman–Crippen MR) is 73.4 cm³/mol. The van der Waals surface area contributed by atoms with Crippen LogP contribution in [0.5, 0.6) is 0 Å². The maximum absolute atomic E-state index is 12.9. The van der Waals surface area contributed by atoms with E-state index in [1.807, 2.05) is 6.92 Å². The Labute approximate surface area is 115 Å². The van der Waals surface area contributed by atoms with Crippen molar-refractivity contribution < 1.29 is 8.42 Å². The maximum atomic E-state index is 12.9. The van der Waals surface area contributed by atoms with E-state index < -0.39 is 14.6 Å². The van der Waals surface area contributed by atoms with Gasteiger partial charge in [0.2, 0.25) is 15.0 Å². The van der Waals surface area contributed by atoms with Crippen LogP contribution >= 0.6 is 0 Å². The Morgan fingerprint density at radius 1 is 1.32 bits per heavy atom. The van der Waals surface area contributed by atoms with Crippen molar-refractivity contribution in [2.24, 2.45) is 24.3 Å². The van der Waals surface area contributed by atoms with Crippen molar-refractivity contribution in [3.8, 4) is 0 Å². The van der Waals surface area contributed by atoms with Crippen molar-refractivity contribution in [3.05, 3.63) is 12.4 Å². The van der Waals surface area contributed by atoms with Gasteiger partial charge in [0.05, 0.1) is 4.75 Å². The van der Waals surface area contributed by atoms with E-state index in [2.05, 4.69) is 18.8 Å². The third-order valence-electron chi connectivity index (χ3n) is 5.59. The Bertz CT molecular complexity index is 617. The second kappa shape index (κ2) is 3.62. The average Bonchev–Trinajstić information content (AvgIpc) is 2.69. The van der Waals surface area contributed by atoms with Crippen LogP contribution in [0.4, 0.5) is 0 Å². The molecule has 2 aliphatic carbocycles. The average molecular weight is 282 g/mol. The Hall–Kier alpha value is -0.840.